The molecule has 0 aliphatic heterocycles. The number of nitriles is 1. The van der Waals surface area contributed by atoms with Gasteiger partial charge in [0.05, 0.1) is 12.0 Å². The van der Waals surface area contributed by atoms with Crippen LogP contribution in [0.25, 0.3) is 10.9 Å². The van der Waals surface area contributed by atoms with Crippen LogP contribution >= 0.6 is 0 Å². The molecule has 1 heterocycles. The molecule has 1 saturated carbocycles. The standard InChI is InChI=1S/C27H39N5O2/c1-19(2)16-21(18-28)29-26(33)22-11-6-7-12-23(22)30-27(34)25-17-20-10-5-8-13-24(20)32(25)15-9-14-31(3)4/h5,8,10,13,17,19,21-23H,6-7,9,11-12,14-16H2,1-4H3,(H,29,33)(H,30,34). The Kier molecular flexibility index (Phi) is 9.12. The highest BCUT2D eigenvalue weighted by atomic mass is 16.2. The third-order valence-corrected chi connectivity index (χ3v) is 6.63. The van der Waals surface area contributed by atoms with Gasteiger partial charge in [0, 0.05) is 23.5 Å². The second-order valence-corrected chi connectivity index (χ2v) is 10.2. The first-order valence-electron chi connectivity index (χ1n) is 12.5. The number of hydrogen-bond acceptors (Lipinski definition) is 4. The van der Waals surface area contributed by atoms with Crippen molar-refractivity contribution >= 4 is 22.7 Å². The number of rotatable bonds is 10. The minimum atomic E-state index is -0.495. The maximum absolute atomic E-state index is 13.5. The molecule has 3 rings (SSSR count). The zero-order valence-corrected chi connectivity index (χ0v) is 21.0. The van der Waals surface area contributed by atoms with Crippen LogP contribution in [-0.4, -0.2) is 54.0 Å². The van der Waals surface area contributed by atoms with Crippen molar-refractivity contribution in [2.75, 3.05) is 20.6 Å². The van der Waals surface area contributed by atoms with Crippen molar-refractivity contribution in [1.82, 2.24) is 20.1 Å². The number of fused-ring (bicyclic) bond motifs is 1. The number of nitrogens with one attached hydrogen (secondary N) is 2. The van der Waals surface area contributed by atoms with E-state index in [4.69, 9.17) is 0 Å². The quantitative estimate of drug-likeness (QED) is 0.556. The van der Waals surface area contributed by atoms with Crippen LogP contribution in [-0.2, 0) is 11.3 Å². The van der Waals surface area contributed by atoms with E-state index in [2.05, 4.69) is 32.2 Å². The number of hydrogen-bond donors (Lipinski definition) is 2. The third kappa shape index (κ3) is 6.60. The van der Waals surface area contributed by atoms with Crippen LogP contribution in [0.1, 0.15) is 62.9 Å². The van der Waals surface area contributed by atoms with Gasteiger partial charge in [0.25, 0.3) is 5.91 Å². The highest BCUT2D eigenvalue weighted by Gasteiger charge is 2.33. The van der Waals surface area contributed by atoms with Crippen LogP contribution in [0.15, 0.2) is 30.3 Å². The van der Waals surface area contributed by atoms with Gasteiger partial charge in [-0.3, -0.25) is 9.59 Å². The molecule has 34 heavy (non-hydrogen) atoms. The molecule has 0 saturated heterocycles. The normalized spacial score (nSPS) is 19.2. The van der Waals surface area contributed by atoms with Gasteiger partial charge < -0.3 is 20.1 Å². The van der Waals surface area contributed by atoms with Gasteiger partial charge in [-0.15, -0.1) is 0 Å². The Labute approximate surface area is 203 Å². The Morgan fingerprint density at radius 2 is 1.94 bits per heavy atom. The lowest BCUT2D eigenvalue weighted by Crippen LogP contribution is -2.50. The summed E-state index contributed by atoms with van der Waals surface area (Å²) in [4.78, 5) is 28.7. The maximum atomic E-state index is 13.5. The van der Waals surface area contributed by atoms with Gasteiger partial charge in [0.1, 0.15) is 11.7 Å². The maximum Gasteiger partial charge on any atom is 0.268 e. The van der Waals surface area contributed by atoms with Crippen LogP contribution < -0.4 is 10.6 Å². The van der Waals surface area contributed by atoms with E-state index in [-0.39, 0.29) is 23.8 Å². The van der Waals surface area contributed by atoms with E-state index in [9.17, 15) is 14.9 Å². The fourth-order valence-electron chi connectivity index (χ4n) is 4.94. The van der Waals surface area contributed by atoms with Crippen LogP contribution in [0.3, 0.4) is 0 Å². The SMILES string of the molecule is CC(C)CC(C#N)NC(=O)C1CCCCC1NC(=O)c1cc2ccccc2n1CCCN(C)C. The number of benzene rings is 1. The topological polar surface area (TPSA) is 90.2 Å². The lowest BCUT2D eigenvalue weighted by atomic mass is 9.83. The molecule has 0 radical (unpaired) electrons. The van der Waals surface area contributed by atoms with E-state index in [1.165, 1.54) is 0 Å². The first kappa shape index (κ1) is 25.8. The Hall–Kier alpha value is -2.85. The van der Waals surface area contributed by atoms with E-state index in [0.29, 0.717) is 18.0 Å². The van der Waals surface area contributed by atoms with Crippen molar-refractivity contribution < 1.29 is 9.59 Å². The molecule has 2 amide bonds. The summed E-state index contributed by atoms with van der Waals surface area (Å²) >= 11 is 0. The van der Waals surface area contributed by atoms with Crippen LogP contribution in [0, 0.1) is 23.2 Å². The fraction of sp³-hybridized carbons (Fsp3) is 0.593. The van der Waals surface area contributed by atoms with E-state index < -0.39 is 6.04 Å². The van der Waals surface area contributed by atoms with Gasteiger partial charge in [-0.1, -0.05) is 44.9 Å². The Bertz CT molecular complexity index is 1020. The number of nitrogens with zero attached hydrogens (tertiary/aromatic N) is 3. The van der Waals surface area contributed by atoms with Crippen LogP contribution in [0.2, 0.25) is 0 Å². The van der Waals surface area contributed by atoms with E-state index in [1.807, 2.05) is 52.2 Å². The van der Waals surface area contributed by atoms with Crippen LogP contribution in [0.5, 0.6) is 0 Å². The first-order valence-corrected chi connectivity index (χ1v) is 12.5. The Morgan fingerprint density at radius 1 is 1.21 bits per heavy atom. The smallest absolute Gasteiger partial charge is 0.268 e. The number of aromatic nitrogens is 1. The zero-order valence-electron chi connectivity index (χ0n) is 21.0. The van der Waals surface area contributed by atoms with Crippen molar-refractivity contribution in [3.63, 3.8) is 0 Å². The Balaban J connectivity index is 1.76. The summed E-state index contributed by atoms with van der Waals surface area (Å²) in [5.41, 5.74) is 1.69. The Morgan fingerprint density at radius 3 is 2.65 bits per heavy atom. The molecule has 1 fully saturated rings. The zero-order chi connectivity index (χ0) is 24.7. The van der Waals surface area contributed by atoms with Gasteiger partial charge in [-0.2, -0.15) is 5.26 Å². The number of carbonyl (C=O) groups is 2. The van der Waals surface area contributed by atoms with Gasteiger partial charge >= 0.3 is 0 Å². The van der Waals surface area contributed by atoms with Crippen LogP contribution in [0.4, 0.5) is 0 Å². The van der Waals surface area contributed by atoms with Gasteiger partial charge in [0.2, 0.25) is 5.91 Å². The molecule has 1 aliphatic rings. The molecule has 1 aliphatic carbocycles. The van der Waals surface area contributed by atoms with Crippen molar-refractivity contribution in [1.29, 1.82) is 5.26 Å². The van der Waals surface area contributed by atoms with E-state index in [1.54, 1.807) is 0 Å². The minimum Gasteiger partial charge on any atom is -0.347 e. The second kappa shape index (κ2) is 12.0. The largest absolute Gasteiger partial charge is 0.347 e. The highest BCUT2D eigenvalue weighted by molar-refractivity contribution is 5.99. The second-order valence-electron chi connectivity index (χ2n) is 10.2. The lowest BCUT2D eigenvalue weighted by Gasteiger charge is -2.32. The summed E-state index contributed by atoms with van der Waals surface area (Å²) in [6.45, 7) is 5.77. The molecule has 7 heteroatoms. The summed E-state index contributed by atoms with van der Waals surface area (Å²) in [6.07, 6.45) is 4.99. The molecule has 1 aromatic heterocycles. The summed E-state index contributed by atoms with van der Waals surface area (Å²) in [6, 6.07) is 11.5. The van der Waals surface area contributed by atoms with E-state index >= 15 is 0 Å². The molecule has 7 nitrogen and oxygen atoms in total. The predicted octanol–water partition coefficient (Wildman–Crippen LogP) is 3.94. The van der Waals surface area contributed by atoms with Crippen molar-refractivity contribution in [2.24, 2.45) is 11.8 Å². The molecule has 0 bridgehead atoms. The summed E-state index contributed by atoms with van der Waals surface area (Å²) < 4.78 is 2.10. The van der Waals surface area contributed by atoms with Crippen molar-refractivity contribution in [3.8, 4) is 6.07 Å². The summed E-state index contributed by atoms with van der Waals surface area (Å²) in [7, 11) is 4.10. The molecule has 3 atom stereocenters. The predicted molar refractivity (Wildman–Crippen MR) is 135 cm³/mol. The van der Waals surface area contributed by atoms with Crippen molar-refractivity contribution in [3.05, 3.63) is 36.0 Å². The minimum absolute atomic E-state index is 0.122. The average Bonchev–Trinajstić information content (AvgIpc) is 3.17. The number of aryl methyl sites for hydroxylation is 1. The molecular weight excluding hydrogens is 426 g/mol. The lowest BCUT2D eigenvalue weighted by molar-refractivity contribution is -0.127. The van der Waals surface area contributed by atoms with E-state index in [0.717, 1.165) is 56.1 Å². The molecule has 3 unspecified atom stereocenters. The fourth-order valence-corrected chi connectivity index (χ4v) is 4.94. The molecular formula is C27H39N5O2. The molecule has 184 valence electrons. The molecule has 1 aromatic carbocycles. The number of para-hydroxylation sites is 1. The highest BCUT2D eigenvalue weighted by Crippen LogP contribution is 2.26. The molecule has 2 N–H and O–H groups in total. The summed E-state index contributed by atoms with van der Waals surface area (Å²) in [5, 5.41) is 16.6. The monoisotopic (exact) mass is 465 g/mol. The van der Waals surface area contributed by atoms with Gasteiger partial charge in [0.15, 0.2) is 0 Å². The molecule has 2 aromatic rings. The van der Waals surface area contributed by atoms with Crippen molar-refractivity contribution in [2.45, 2.75) is 71.0 Å². The molecule has 0 spiro atoms. The third-order valence-electron chi connectivity index (χ3n) is 6.63. The first-order chi connectivity index (χ1) is 16.3. The number of carbonyl (C=O) groups excluding carboxylic acids is 2. The summed E-state index contributed by atoms with van der Waals surface area (Å²) in [5.74, 6) is -0.248. The number of amides is 2. The van der Waals surface area contributed by atoms with Gasteiger partial charge in [-0.25, -0.2) is 0 Å². The van der Waals surface area contributed by atoms with Gasteiger partial charge in [-0.05, 0) is 64.4 Å². The average molecular weight is 466 g/mol.